The highest BCUT2D eigenvalue weighted by atomic mass is 16.5. The van der Waals surface area contributed by atoms with E-state index in [0.29, 0.717) is 6.04 Å². The Morgan fingerprint density at radius 2 is 1.83 bits per heavy atom. The van der Waals surface area contributed by atoms with E-state index in [1.54, 1.807) is 0 Å². The predicted octanol–water partition coefficient (Wildman–Crippen LogP) is 3.61. The van der Waals surface area contributed by atoms with Gasteiger partial charge in [-0.2, -0.15) is 0 Å². The van der Waals surface area contributed by atoms with E-state index in [1.165, 1.54) is 10.8 Å². The SMILES string of the molecule is CC(C)NCCCOc1ccc2ccccc2c1. The lowest BCUT2D eigenvalue weighted by Gasteiger charge is -2.09. The Morgan fingerprint density at radius 3 is 2.61 bits per heavy atom. The Hall–Kier alpha value is -1.54. The van der Waals surface area contributed by atoms with E-state index >= 15 is 0 Å². The molecule has 18 heavy (non-hydrogen) atoms. The smallest absolute Gasteiger partial charge is 0.119 e. The molecule has 2 nitrogen and oxygen atoms in total. The van der Waals surface area contributed by atoms with Gasteiger partial charge in [-0.25, -0.2) is 0 Å². The van der Waals surface area contributed by atoms with Gasteiger partial charge in [0.2, 0.25) is 0 Å². The minimum atomic E-state index is 0.547. The maximum atomic E-state index is 5.76. The van der Waals surface area contributed by atoms with Gasteiger partial charge < -0.3 is 10.1 Å². The molecular formula is C16H21NO. The van der Waals surface area contributed by atoms with Crippen LogP contribution in [0, 0.1) is 0 Å². The molecule has 2 aromatic carbocycles. The molecule has 2 aromatic rings. The van der Waals surface area contributed by atoms with Crippen molar-refractivity contribution in [2.45, 2.75) is 26.3 Å². The molecule has 1 N–H and O–H groups in total. The molecule has 0 heterocycles. The molecule has 0 saturated carbocycles. The molecule has 0 amide bonds. The first-order valence-corrected chi connectivity index (χ1v) is 6.61. The molecule has 0 atom stereocenters. The number of ether oxygens (including phenoxy) is 1. The van der Waals surface area contributed by atoms with E-state index in [1.807, 2.05) is 6.07 Å². The summed E-state index contributed by atoms with van der Waals surface area (Å²) in [4.78, 5) is 0. The molecule has 2 rings (SSSR count). The molecule has 0 bridgehead atoms. The average Bonchev–Trinajstić information content (AvgIpc) is 2.38. The third-order valence-electron chi connectivity index (χ3n) is 2.86. The highest BCUT2D eigenvalue weighted by Crippen LogP contribution is 2.20. The largest absolute Gasteiger partial charge is 0.494 e. The van der Waals surface area contributed by atoms with Crippen molar-refractivity contribution in [2.75, 3.05) is 13.2 Å². The highest BCUT2D eigenvalue weighted by Gasteiger charge is 1.97. The maximum Gasteiger partial charge on any atom is 0.119 e. The van der Waals surface area contributed by atoms with Gasteiger partial charge in [0, 0.05) is 6.04 Å². The quantitative estimate of drug-likeness (QED) is 0.783. The fraction of sp³-hybridized carbons (Fsp3) is 0.375. The zero-order chi connectivity index (χ0) is 12.8. The lowest BCUT2D eigenvalue weighted by Crippen LogP contribution is -2.24. The number of hydrogen-bond donors (Lipinski definition) is 1. The first-order valence-electron chi connectivity index (χ1n) is 6.61. The molecule has 0 unspecified atom stereocenters. The number of hydrogen-bond acceptors (Lipinski definition) is 2. The first-order chi connectivity index (χ1) is 8.75. The molecule has 0 aliphatic rings. The minimum Gasteiger partial charge on any atom is -0.494 e. The normalized spacial score (nSPS) is 11.1. The first kappa shape index (κ1) is 12.9. The van der Waals surface area contributed by atoms with Crippen molar-refractivity contribution in [2.24, 2.45) is 0 Å². The van der Waals surface area contributed by atoms with E-state index < -0.39 is 0 Å². The van der Waals surface area contributed by atoms with Gasteiger partial charge in [0.15, 0.2) is 0 Å². The van der Waals surface area contributed by atoms with Gasteiger partial charge in [-0.05, 0) is 35.9 Å². The second kappa shape index (κ2) is 6.41. The van der Waals surface area contributed by atoms with Crippen molar-refractivity contribution < 1.29 is 4.74 Å². The number of rotatable bonds is 6. The molecule has 0 aromatic heterocycles. The van der Waals surface area contributed by atoms with Gasteiger partial charge in [-0.15, -0.1) is 0 Å². The summed E-state index contributed by atoms with van der Waals surface area (Å²) >= 11 is 0. The van der Waals surface area contributed by atoms with Crippen LogP contribution in [0.4, 0.5) is 0 Å². The summed E-state index contributed by atoms with van der Waals surface area (Å²) in [6, 6.07) is 15.1. The Balaban J connectivity index is 1.84. The van der Waals surface area contributed by atoms with Crippen LogP contribution in [0.3, 0.4) is 0 Å². The van der Waals surface area contributed by atoms with Gasteiger partial charge in [0.25, 0.3) is 0 Å². The lowest BCUT2D eigenvalue weighted by atomic mass is 10.1. The summed E-state index contributed by atoms with van der Waals surface area (Å²) in [7, 11) is 0. The molecule has 0 radical (unpaired) electrons. The number of benzene rings is 2. The van der Waals surface area contributed by atoms with Crippen molar-refractivity contribution in [1.82, 2.24) is 5.32 Å². The molecule has 0 spiro atoms. The van der Waals surface area contributed by atoms with Gasteiger partial charge in [-0.1, -0.05) is 44.2 Å². The zero-order valence-electron chi connectivity index (χ0n) is 11.1. The molecule has 0 aliphatic heterocycles. The van der Waals surface area contributed by atoms with Gasteiger partial charge in [0.1, 0.15) is 5.75 Å². The molecule has 0 fully saturated rings. The zero-order valence-corrected chi connectivity index (χ0v) is 11.1. The molecule has 2 heteroatoms. The predicted molar refractivity (Wildman–Crippen MR) is 77.2 cm³/mol. The Kier molecular flexibility index (Phi) is 4.59. The van der Waals surface area contributed by atoms with Crippen LogP contribution < -0.4 is 10.1 Å². The van der Waals surface area contributed by atoms with E-state index in [9.17, 15) is 0 Å². The number of nitrogens with one attached hydrogen (secondary N) is 1. The monoisotopic (exact) mass is 243 g/mol. The van der Waals surface area contributed by atoms with Crippen LogP contribution in [0.15, 0.2) is 42.5 Å². The fourth-order valence-corrected chi connectivity index (χ4v) is 1.91. The van der Waals surface area contributed by atoms with Crippen LogP contribution >= 0.6 is 0 Å². The summed E-state index contributed by atoms with van der Waals surface area (Å²) in [5.41, 5.74) is 0. The van der Waals surface area contributed by atoms with Crippen molar-refractivity contribution in [1.29, 1.82) is 0 Å². The van der Waals surface area contributed by atoms with Crippen LogP contribution in [-0.4, -0.2) is 19.2 Å². The van der Waals surface area contributed by atoms with E-state index in [0.717, 1.165) is 25.3 Å². The minimum absolute atomic E-state index is 0.547. The van der Waals surface area contributed by atoms with Crippen LogP contribution in [0.2, 0.25) is 0 Å². The van der Waals surface area contributed by atoms with Crippen LogP contribution in [-0.2, 0) is 0 Å². The van der Waals surface area contributed by atoms with E-state index in [-0.39, 0.29) is 0 Å². The third kappa shape index (κ3) is 3.74. The number of fused-ring (bicyclic) bond motifs is 1. The summed E-state index contributed by atoms with van der Waals surface area (Å²) in [6.07, 6.45) is 1.03. The van der Waals surface area contributed by atoms with Crippen molar-refractivity contribution >= 4 is 10.8 Å². The summed E-state index contributed by atoms with van der Waals surface area (Å²) < 4.78 is 5.76. The Morgan fingerprint density at radius 1 is 1.06 bits per heavy atom. The van der Waals surface area contributed by atoms with E-state index in [4.69, 9.17) is 4.74 Å². The van der Waals surface area contributed by atoms with Crippen LogP contribution in [0.25, 0.3) is 10.8 Å². The second-order valence-corrected chi connectivity index (χ2v) is 4.82. The second-order valence-electron chi connectivity index (χ2n) is 4.82. The standard InChI is InChI=1S/C16H21NO/c1-13(2)17-10-5-11-18-16-9-8-14-6-3-4-7-15(14)12-16/h3-4,6-9,12-13,17H,5,10-11H2,1-2H3. The summed E-state index contributed by atoms with van der Waals surface area (Å²) in [5, 5.41) is 5.87. The van der Waals surface area contributed by atoms with Gasteiger partial charge in [0.05, 0.1) is 6.61 Å². The highest BCUT2D eigenvalue weighted by molar-refractivity contribution is 5.83. The Labute approximate surface area is 109 Å². The summed E-state index contributed by atoms with van der Waals surface area (Å²) in [5.74, 6) is 0.957. The van der Waals surface area contributed by atoms with Crippen LogP contribution in [0.5, 0.6) is 5.75 Å². The molecular weight excluding hydrogens is 222 g/mol. The van der Waals surface area contributed by atoms with Crippen LogP contribution in [0.1, 0.15) is 20.3 Å². The molecule has 96 valence electrons. The fourth-order valence-electron chi connectivity index (χ4n) is 1.91. The lowest BCUT2D eigenvalue weighted by molar-refractivity contribution is 0.306. The van der Waals surface area contributed by atoms with Crippen molar-refractivity contribution in [3.8, 4) is 5.75 Å². The Bertz CT molecular complexity index is 493. The van der Waals surface area contributed by atoms with E-state index in [2.05, 4.69) is 55.6 Å². The van der Waals surface area contributed by atoms with Crippen molar-refractivity contribution in [3.05, 3.63) is 42.5 Å². The maximum absolute atomic E-state index is 5.76. The van der Waals surface area contributed by atoms with Crippen molar-refractivity contribution in [3.63, 3.8) is 0 Å². The topological polar surface area (TPSA) is 21.3 Å². The van der Waals surface area contributed by atoms with Gasteiger partial charge >= 0.3 is 0 Å². The summed E-state index contributed by atoms with van der Waals surface area (Å²) in [6.45, 7) is 6.08. The molecule has 0 aliphatic carbocycles. The molecule has 0 saturated heterocycles. The average molecular weight is 243 g/mol. The third-order valence-corrected chi connectivity index (χ3v) is 2.86. The van der Waals surface area contributed by atoms with Gasteiger partial charge in [-0.3, -0.25) is 0 Å².